The molecule has 1 aliphatic heterocycles. The number of imide groups is 1. The van der Waals surface area contributed by atoms with Gasteiger partial charge >= 0.3 is 11.9 Å². The molecule has 0 N–H and O–H groups in total. The van der Waals surface area contributed by atoms with E-state index in [1.807, 2.05) is 7.05 Å². The predicted molar refractivity (Wildman–Crippen MR) is 123 cm³/mol. The molecule has 9 heteroatoms. The Morgan fingerprint density at radius 3 is 2.28 bits per heavy atom. The van der Waals surface area contributed by atoms with E-state index in [0.717, 1.165) is 30.7 Å². The molecule has 1 aromatic rings. The Morgan fingerprint density at radius 2 is 1.66 bits per heavy atom. The SMILES string of the molecule is CCCCCN(C)Cc1cc(C(=O)OCC)ccc1N1C(=O)C(Br)=C(C(=O)OCC)C1=O. The molecule has 1 aliphatic rings. The highest BCUT2D eigenvalue weighted by Crippen LogP contribution is 2.34. The molecular formula is C23H29BrN2O6. The highest BCUT2D eigenvalue weighted by molar-refractivity contribution is 9.12. The Hall–Kier alpha value is -2.52. The first-order valence-electron chi connectivity index (χ1n) is 10.7. The summed E-state index contributed by atoms with van der Waals surface area (Å²) in [5, 5.41) is 0. The second kappa shape index (κ2) is 11.9. The van der Waals surface area contributed by atoms with Crippen LogP contribution in [0.3, 0.4) is 0 Å². The van der Waals surface area contributed by atoms with Gasteiger partial charge in [0.25, 0.3) is 11.8 Å². The van der Waals surface area contributed by atoms with Crippen LogP contribution in [0.1, 0.15) is 56.0 Å². The fourth-order valence-corrected chi connectivity index (χ4v) is 3.88. The van der Waals surface area contributed by atoms with Crippen molar-refractivity contribution in [3.05, 3.63) is 39.4 Å². The zero-order valence-corrected chi connectivity index (χ0v) is 20.5. The van der Waals surface area contributed by atoms with Crippen molar-refractivity contribution in [1.82, 2.24) is 4.90 Å². The number of benzene rings is 1. The Kier molecular flexibility index (Phi) is 9.59. The minimum atomic E-state index is -0.860. The minimum Gasteiger partial charge on any atom is -0.462 e. The van der Waals surface area contributed by atoms with Gasteiger partial charge in [0.15, 0.2) is 0 Å². The van der Waals surface area contributed by atoms with Gasteiger partial charge in [-0.25, -0.2) is 14.5 Å². The summed E-state index contributed by atoms with van der Waals surface area (Å²) in [6, 6.07) is 4.66. The number of ether oxygens (including phenoxy) is 2. The van der Waals surface area contributed by atoms with Crippen molar-refractivity contribution in [2.24, 2.45) is 0 Å². The van der Waals surface area contributed by atoms with E-state index in [2.05, 4.69) is 27.8 Å². The first kappa shape index (κ1) is 25.7. The van der Waals surface area contributed by atoms with E-state index in [1.165, 1.54) is 12.1 Å². The molecule has 1 aromatic carbocycles. The second-order valence-electron chi connectivity index (χ2n) is 7.36. The third-order valence-electron chi connectivity index (χ3n) is 4.92. The molecule has 174 valence electrons. The Labute approximate surface area is 196 Å². The summed E-state index contributed by atoms with van der Waals surface area (Å²) in [5.41, 5.74) is 0.895. The van der Waals surface area contributed by atoms with Crippen molar-refractivity contribution in [2.75, 3.05) is 31.7 Å². The van der Waals surface area contributed by atoms with E-state index >= 15 is 0 Å². The smallest absolute Gasteiger partial charge is 0.345 e. The van der Waals surface area contributed by atoms with E-state index in [9.17, 15) is 19.2 Å². The molecular weight excluding hydrogens is 480 g/mol. The van der Waals surface area contributed by atoms with Crippen LogP contribution in [0.25, 0.3) is 0 Å². The number of hydrogen-bond acceptors (Lipinski definition) is 7. The molecule has 0 spiro atoms. The van der Waals surface area contributed by atoms with Crippen LogP contribution in [0.4, 0.5) is 5.69 Å². The van der Waals surface area contributed by atoms with E-state index < -0.39 is 23.8 Å². The van der Waals surface area contributed by atoms with Crippen molar-refractivity contribution >= 4 is 45.4 Å². The molecule has 0 fully saturated rings. The summed E-state index contributed by atoms with van der Waals surface area (Å²) in [7, 11) is 1.93. The lowest BCUT2D eigenvalue weighted by atomic mass is 10.1. The highest BCUT2D eigenvalue weighted by atomic mass is 79.9. The van der Waals surface area contributed by atoms with Crippen LogP contribution in [0.5, 0.6) is 0 Å². The lowest BCUT2D eigenvalue weighted by molar-refractivity contribution is -0.139. The summed E-state index contributed by atoms with van der Waals surface area (Å²) >= 11 is 3.08. The van der Waals surface area contributed by atoms with Crippen molar-refractivity contribution in [1.29, 1.82) is 0 Å². The molecule has 0 aromatic heterocycles. The van der Waals surface area contributed by atoms with Gasteiger partial charge in [-0.2, -0.15) is 0 Å². The van der Waals surface area contributed by atoms with Gasteiger partial charge in [0.2, 0.25) is 0 Å². The maximum absolute atomic E-state index is 13.0. The summed E-state index contributed by atoms with van der Waals surface area (Å²) in [6.45, 7) is 6.98. The van der Waals surface area contributed by atoms with Gasteiger partial charge < -0.3 is 14.4 Å². The normalized spacial score (nSPS) is 13.9. The lowest BCUT2D eigenvalue weighted by Gasteiger charge is -2.23. The minimum absolute atomic E-state index is 0.0755. The quantitative estimate of drug-likeness (QED) is 0.195. The topological polar surface area (TPSA) is 93.2 Å². The number of halogens is 1. The van der Waals surface area contributed by atoms with Crippen LogP contribution in [0.2, 0.25) is 0 Å². The standard InChI is InChI=1S/C23H29BrN2O6/c1-5-8-9-12-25(4)14-16-13-15(22(29)31-6-2)10-11-17(16)26-20(27)18(19(24)21(26)28)23(30)32-7-3/h10-11,13H,5-9,12,14H2,1-4H3. The zero-order valence-electron chi connectivity index (χ0n) is 18.9. The van der Waals surface area contributed by atoms with Gasteiger partial charge in [-0.3, -0.25) is 9.59 Å². The molecule has 2 rings (SSSR count). The van der Waals surface area contributed by atoms with Crippen molar-refractivity contribution in [2.45, 2.75) is 46.6 Å². The van der Waals surface area contributed by atoms with Gasteiger partial charge in [-0.05, 0) is 73.6 Å². The van der Waals surface area contributed by atoms with Crippen LogP contribution >= 0.6 is 15.9 Å². The number of amides is 2. The molecule has 0 radical (unpaired) electrons. The number of carbonyl (C=O) groups excluding carboxylic acids is 4. The summed E-state index contributed by atoms with van der Waals surface area (Å²) in [6.07, 6.45) is 3.18. The van der Waals surface area contributed by atoms with Gasteiger partial charge in [0.05, 0.1) is 24.5 Å². The lowest BCUT2D eigenvalue weighted by Crippen LogP contribution is -2.34. The van der Waals surface area contributed by atoms with Gasteiger partial charge in [0, 0.05) is 6.54 Å². The van der Waals surface area contributed by atoms with Crippen LogP contribution in [0, 0.1) is 0 Å². The molecule has 0 unspecified atom stereocenters. The number of anilines is 1. The van der Waals surface area contributed by atoms with Crippen molar-refractivity contribution < 1.29 is 28.7 Å². The van der Waals surface area contributed by atoms with Crippen LogP contribution < -0.4 is 4.90 Å². The largest absolute Gasteiger partial charge is 0.462 e. The predicted octanol–water partition coefficient (Wildman–Crippen LogP) is 3.57. The van der Waals surface area contributed by atoms with Crippen LogP contribution in [0.15, 0.2) is 28.3 Å². The Balaban J connectivity index is 2.43. The van der Waals surface area contributed by atoms with Gasteiger partial charge in [0.1, 0.15) is 10.1 Å². The highest BCUT2D eigenvalue weighted by Gasteiger charge is 2.43. The fourth-order valence-electron chi connectivity index (χ4n) is 3.38. The first-order valence-corrected chi connectivity index (χ1v) is 11.5. The van der Waals surface area contributed by atoms with Crippen molar-refractivity contribution in [3.8, 4) is 0 Å². The van der Waals surface area contributed by atoms with E-state index in [1.54, 1.807) is 19.9 Å². The molecule has 32 heavy (non-hydrogen) atoms. The number of hydrogen-bond donors (Lipinski definition) is 0. The van der Waals surface area contributed by atoms with Crippen LogP contribution in [-0.4, -0.2) is 55.5 Å². The molecule has 0 aliphatic carbocycles. The molecule has 8 nitrogen and oxygen atoms in total. The monoisotopic (exact) mass is 508 g/mol. The molecule has 0 saturated heterocycles. The number of unbranched alkanes of at least 4 members (excludes halogenated alkanes) is 2. The average molecular weight is 509 g/mol. The molecule has 0 saturated carbocycles. The van der Waals surface area contributed by atoms with Crippen molar-refractivity contribution in [3.63, 3.8) is 0 Å². The Bertz CT molecular complexity index is 927. The summed E-state index contributed by atoms with van der Waals surface area (Å²) in [4.78, 5) is 53.4. The number of rotatable bonds is 11. The van der Waals surface area contributed by atoms with Crippen LogP contribution in [-0.2, 0) is 30.4 Å². The summed E-state index contributed by atoms with van der Waals surface area (Å²) < 4.78 is 9.88. The second-order valence-corrected chi connectivity index (χ2v) is 8.16. The summed E-state index contributed by atoms with van der Waals surface area (Å²) in [5.74, 6) is -2.77. The molecule has 2 amide bonds. The molecule has 0 bridgehead atoms. The number of carbonyl (C=O) groups is 4. The first-order chi connectivity index (χ1) is 15.3. The van der Waals surface area contributed by atoms with E-state index in [4.69, 9.17) is 9.47 Å². The average Bonchev–Trinajstić information content (AvgIpc) is 2.97. The Morgan fingerprint density at radius 1 is 1.00 bits per heavy atom. The molecule has 1 heterocycles. The number of nitrogens with zero attached hydrogens (tertiary/aromatic N) is 2. The molecule has 0 atom stereocenters. The zero-order chi connectivity index (χ0) is 23.8. The fraction of sp³-hybridized carbons (Fsp3) is 0.478. The number of esters is 2. The van der Waals surface area contributed by atoms with Gasteiger partial charge in [-0.15, -0.1) is 0 Å². The third kappa shape index (κ3) is 5.83. The van der Waals surface area contributed by atoms with E-state index in [0.29, 0.717) is 23.4 Å². The maximum atomic E-state index is 13.0. The third-order valence-corrected chi connectivity index (χ3v) is 5.66. The van der Waals surface area contributed by atoms with Gasteiger partial charge in [-0.1, -0.05) is 19.8 Å². The maximum Gasteiger partial charge on any atom is 0.345 e. The van der Waals surface area contributed by atoms with E-state index in [-0.39, 0.29) is 23.3 Å².